The summed E-state index contributed by atoms with van der Waals surface area (Å²) in [5.74, 6) is 0.613. The van der Waals surface area contributed by atoms with Crippen LogP contribution in [0.3, 0.4) is 0 Å². The van der Waals surface area contributed by atoms with Gasteiger partial charge in [0, 0.05) is 17.7 Å². The number of hydrogen-bond acceptors (Lipinski definition) is 4. The number of carboxylic acid groups (broad SMARTS) is 1. The molecule has 0 spiro atoms. The Morgan fingerprint density at radius 1 is 0.771 bits per heavy atom. The number of nitrogens with one attached hydrogen (secondary N) is 1. The van der Waals surface area contributed by atoms with Crippen LogP contribution < -0.4 is 9.46 Å². The molecule has 0 radical (unpaired) electrons. The Morgan fingerprint density at radius 3 is 1.91 bits per heavy atom. The van der Waals surface area contributed by atoms with E-state index in [-0.39, 0.29) is 0 Å². The molecular weight excluding hydrogens is 462 g/mol. The normalized spacial score (nSPS) is 10.9. The summed E-state index contributed by atoms with van der Waals surface area (Å²) >= 11 is 0. The minimum absolute atomic E-state index is 0.322. The molecule has 0 bridgehead atoms. The molecule has 0 heterocycles. The van der Waals surface area contributed by atoms with E-state index in [1.54, 1.807) is 6.07 Å². The van der Waals surface area contributed by atoms with Crippen LogP contribution in [0.5, 0.6) is 11.5 Å². The second kappa shape index (κ2) is 10.6. The highest BCUT2D eigenvalue weighted by atomic mass is 32.2. The standard InChI is InChI=1S/C26H25NO3S.C2H4O2/c1-17-15-19(3)26(20(4)16-17)31(28,29)27-23-13-14-25(22-11-7-6-10-21(22)23)30-24-12-8-5-9-18(24)2;1-2(3)4/h5-16,27H,1-4H3;1H3,(H,3,4). The summed E-state index contributed by atoms with van der Waals surface area (Å²) in [5, 5.41) is 9.03. The molecule has 0 aliphatic carbocycles. The number of fused-ring (bicyclic) bond motifs is 1. The zero-order valence-corrected chi connectivity index (χ0v) is 21.2. The van der Waals surface area contributed by atoms with Gasteiger partial charge < -0.3 is 9.84 Å². The molecule has 4 aromatic rings. The van der Waals surface area contributed by atoms with Crippen LogP contribution in [0.15, 0.2) is 77.7 Å². The summed E-state index contributed by atoms with van der Waals surface area (Å²) in [4.78, 5) is 9.32. The van der Waals surface area contributed by atoms with Crippen molar-refractivity contribution in [3.05, 3.63) is 95.1 Å². The molecule has 7 heteroatoms. The number of ether oxygens (including phenoxy) is 1. The quantitative estimate of drug-likeness (QED) is 0.322. The molecule has 35 heavy (non-hydrogen) atoms. The van der Waals surface area contributed by atoms with Crippen LogP contribution in [0.25, 0.3) is 10.8 Å². The summed E-state index contributed by atoms with van der Waals surface area (Å²) in [6.45, 7) is 8.69. The molecule has 0 unspecified atom stereocenters. The predicted octanol–water partition coefficient (Wildman–Crippen LogP) is 6.76. The van der Waals surface area contributed by atoms with E-state index in [1.807, 2.05) is 94.4 Å². The van der Waals surface area contributed by atoms with Crippen molar-refractivity contribution in [1.29, 1.82) is 0 Å². The van der Waals surface area contributed by atoms with Crippen molar-refractivity contribution in [1.82, 2.24) is 0 Å². The van der Waals surface area contributed by atoms with Crippen molar-refractivity contribution in [3.8, 4) is 11.5 Å². The fourth-order valence-corrected chi connectivity index (χ4v) is 5.56. The van der Waals surface area contributed by atoms with E-state index in [9.17, 15) is 8.42 Å². The fraction of sp³-hybridized carbons (Fsp3) is 0.179. The Kier molecular flexibility index (Phi) is 7.82. The third-order valence-corrected chi connectivity index (χ3v) is 6.99. The van der Waals surface area contributed by atoms with Gasteiger partial charge in [0.15, 0.2) is 0 Å². The van der Waals surface area contributed by atoms with E-state index in [2.05, 4.69) is 4.72 Å². The molecule has 2 N–H and O–H groups in total. The second-order valence-corrected chi connectivity index (χ2v) is 10.00. The van der Waals surface area contributed by atoms with Crippen LogP contribution in [0.2, 0.25) is 0 Å². The Bertz CT molecular complexity index is 1470. The van der Waals surface area contributed by atoms with Crippen LogP contribution in [0.1, 0.15) is 29.2 Å². The monoisotopic (exact) mass is 491 g/mol. The molecule has 0 fully saturated rings. The SMILES string of the molecule is CC(=O)O.Cc1cc(C)c(S(=O)(=O)Nc2ccc(Oc3ccccc3C)c3ccccc23)c(C)c1. The van der Waals surface area contributed by atoms with Gasteiger partial charge in [0.2, 0.25) is 0 Å². The molecule has 4 rings (SSSR count). The number of anilines is 1. The van der Waals surface area contributed by atoms with Gasteiger partial charge in [0.1, 0.15) is 11.5 Å². The maximum Gasteiger partial charge on any atom is 0.300 e. The smallest absolute Gasteiger partial charge is 0.300 e. The van der Waals surface area contributed by atoms with Crippen LogP contribution in [-0.2, 0) is 14.8 Å². The Labute approximate surface area is 206 Å². The number of carboxylic acids is 1. The molecule has 182 valence electrons. The van der Waals surface area contributed by atoms with E-state index in [1.165, 1.54) is 0 Å². The molecule has 0 amide bonds. The van der Waals surface area contributed by atoms with Gasteiger partial charge in [-0.05, 0) is 62.6 Å². The minimum atomic E-state index is -3.75. The lowest BCUT2D eigenvalue weighted by Gasteiger charge is -2.17. The van der Waals surface area contributed by atoms with Gasteiger partial charge in [-0.3, -0.25) is 9.52 Å². The maximum absolute atomic E-state index is 13.3. The van der Waals surface area contributed by atoms with Gasteiger partial charge >= 0.3 is 0 Å². The lowest BCUT2D eigenvalue weighted by Crippen LogP contribution is -2.16. The number of aliphatic carboxylic acids is 1. The van der Waals surface area contributed by atoms with Crippen molar-refractivity contribution in [2.75, 3.05) is 4.72 Å². The average Bonchev–Trinajstić information content (AvgIpc) is 2.75. The highest BCUT2D eigenvalue weighted by molar-refractivity contribution is 7.92. The molecule has 0 aliphatic rings. The Hall–Kier alpha value is -3.84. The summed E-state index contributed by atoms with van der Waals surface area (Å²) in [7, 11) is -3.75. The largest absolute Gasteiger partial charge is 0.481 e. The lowest BCUT2D eigenvalue weighted by atomic mass is 10.1. The summed E-state index contributed by atoms with van der Waals surface area (Å²) < 4.78 is 35.5. The zero-order valence-electron chi connectivity index (χ0n) is 20.4. The molecule has 0 aromatic heterocycles. The first-order valence-corrected chi connectivity index (χ1v) is 12.5. The molecule has 0 aliphatic heterocycles. The summed E-state index contributed by atoms with van der Waals surface area (Å²) in [6, 6.07) is 22.8. The molecule has 0 atom stereocenters. The third-order valence-electron chi connectivity index (χ3n) is 5.32. The first-order valence-electron chi connectivity index (χ1n) is 11.0. The Morgan fingerprint density at radius 2 is 1.31 bits per heavy atom. The molecule has 6 nitrogen and oxygen atoms in total. The van der Waals surface area contributed by atoms with Gasteiger partial charge in [-0.1, -0.05) is 60.2 Å². The van der Waals surface area contributed by atoms with Crippen molar-refractivity contribution in [2.45, 2.75) is 39.5 Å². The van der Waals surface area contributed by atoms with Gasteiger partial charge in [-0.15, -0.1) is 0 Å². The predicted molar refractivity (Wildman–Crippen MR) is 140 cm³/mol. The van der Waals surface area contributed by atoms with Gasteiger partial charge in [0.05, 0.1) is 10.6 Å². The lowest BCUT2D eigenvalue weighted by molar-refractivity contribution is -0.134. The number of para-hydroxylation sites is 1. The number of rotatable bonds is 5. The van der Waals surface area contributed by atoms with E-state index in [0.717, 1.165) is 45.7 Å². The first kappa shape index (κ1) is 25.8. The van der Waals surface area contributed by atoms with Gasteiger partial charge in [0.25, 0.3) is 16.0 Å². The van der Waals surface area contributed by atoms with Gasteiger partial charge in [-0.25, -0.2) is 8.42 Å². The first-order chi connectivity index (χ1) is 16.5. The number of hydrogen-bond donors (Lipinski definition) is 2. The van der Waals surface area contributed by atoms with Crippen LogP contribution in [0, 0.1) is 27.7 Å². The van der Waals surface area contributed by atoms with Crippen molar-refractivity contribution < 1.29 is 23.1 Å². The number of carbonyl (C=O) groups is 1. The van der Waals surface area contributed by atoms with Crippen LogP contribution in [-0.4, -0.2) is 19.5 Å². The average molecular weight is 492 g/mol. The molecule has 0 saturated heterocycles. The number of aryl methyl sites for hydroxylation is 4. The highest BCUT2D eigenvalue weighted by Crippen LogP contribution is 2.36. The van der Waals surface area contributed by atoms with E-state index >= 15 is 0 Å². The van der Waals surface area contributed by atoms with Crippen molar-refractivity contribution in [3.63, 3.8) is 0 Å². The van der Waals surface area contributed by atoms with Crippen LogP contribution in [0.4, 0.5) is 5.69 Å². The third kappa shape index (κ3) is 6.19. The minimum Gasteiger partial charge on any atom is -0.481 e. The maximum atomic E-state index is 13.3. The Balaban J connectivity index is 0.000000795. The van der Waals surface area contributed by atoms with E-state index in [0.29, 0.717) is 16.3 Å². The van der Waals surface area contributed by atoms with Crippen LogP contribution >= 0.6 is 0 Å². The fourth-order valence-electron chi connectivity index (χ4n) is 4.03. The van der Waals surface area contributed by atoms with Crippen molar-refractivity contribution >= 4 is 32.5 Å². The summed E-state index contributed by atoms with van der Waals surface area (Å²) in [6.07, 6.45) is 0. The summed E-state index contributed by atoms with van der Waals surface area (Å²) in [5.41, 5.74) is 4.05. The highest BCUT2D eigenvalue weighted by Gasteiger charge is 2.21. The number of benzene rings is 4. The molecule has 0 saturated carbocycles. The zero-order chi connectivity index (χ0) is 25.8. The van der Waals surface area contributed by atoms with E-state index in [4.69, 9.17) is 14.6 Å². The van der Waals surface area contributed by atoms with E-state index < -0.39 is 16.0 Å². The molecule has 4 aromatic carbocycles. The van der Waals surface area contributed by atoms with Crippen molar-refractivity contribution in [2.24, 2.45) is 0 Å². The topological polar surface area (TPSA) is 92.7 Å². The number of sulfonamides is 1. The van der Waals surface area contributed by atoms with Gasteiger partial charge in [-0.2, -0.15) is 0 Å². The molecular formula is C28H29NO5S. The second-order valence-electron chi connectivity index (χ2n) is 8.38.